The molecule has 1 aromatic carbocycles. The molecule has 1 aliphatic rings. The molecule has 140 valence electrons. The summed E-state index contributed by atoms with van der Waals surface area (Å²) in [5.41, 5.74) is 2.46. The summed E-state index contributed by atoms with van der Waals surface area (Å²) in [5, 5.41) is 3.01. The summed E-state index contributed by atoms with van der Waals surface area (Å²) in [4.78, 5) is 12.6. The van der Waals surface area contributed by atoms with Gasteiger partial charge in [-0.25, -0.2) is 8.42 Å². The Morgan fingerprint density at radius 1 is 1.08 bits per heavy atom. The zero-order valence-corrected chi connectivity index (χ0v) is 16.6. The number of carbonyl (C=O) groups excluding carboxylic acids is 1. The first-order valence-corrected chi connectivity index (χ1v) is 10.5. The fourth-order valence-electron chi connectivity index (χ4n) is 3.71. The lowest BCUT2D eigenvalue weighted by molar-refractivity contribution is -0.121. The van der Waals surface area contributed by atoms with E-state index in [2.05, 4.69) is 5.32 Å². The Morgan fingerprint density at radius 2 is 1.60 bits per heavy atom. The first kappa shape index (κ1) is 19.9. The molecule has 1 saturated carbocycles. The minimum atomic E-state index is -3.69. The summed E-state index contributed by atoms with van der Waals surface area (Å²) >= 11 is 0. The topological polar surface area (TPSA) is 66.5 Å². The largest absolute Gasteiger partial charge is 0.352 e. The van der Waals surface area contributed by atoms with Gasteiger partial charge in [-0.15, -0.1) is 0 Å². The summed E-state index contributed by atoms with van der Waals surface area (Å²) < 4.78 is 27.0. The Bertz CT molecular complexity index is 697. The maximum Gasteiger partial charge on any atom is 0.243 e. The monoisotopic (exact) mass is 366 g/mol. The fraction of sp³-hybridized carbons (Fsp3) is 0.632. The molecule has 1 aliphatic carbocycles. The van der Waals surface area contributed by atoms with Crippen LogP contribution in [0.5, 0.6) is 0 Å². The minimum Gasteiger partial charge on any atom is -0.352 e. The number of sulfonamides is 1. The summed E-state index contributed by atoms with van der Waals surface area (Å²) in [6.07, 6.45) is 6.65. The molecule has 6 heteroatoms. The van der Waals surface area contributed by atoms with E-state index in [4.69, 9.17) is 0 Å². The van der Waals surface area contributed by atoms with E-state index in [-0.39, 0.29) is 18.5 Å². The van der Waals surface area contributed by atoms with E-state index in [9.17, 15) is 13.2 Å². The maximum atomic E-state index is 12.9. The highest BCUT2D eigenvalue weighted by molar-refractivity contribution is 7.89. The molecule has 0 radical (unpaired) electrons. The average Bonchev–Trinajstić information content (AvgIpc) is 2.74. The summed E-state index contributed by atoms with van der Waals surface area (Å²) in [6.45, 7) is 5.39. The molecule has 0 heterocycles. The molecule has 5 nitrogen and oxygen atoms in total. The van der Waals surface area contributed by atoms with Gasteiger partial charge in [0.25, 0.3) is 0 Å². The molecule has 0 aliphatic heterocycles. The number of hydrogen-bond donors (Lipinski definition) is 1. The number of nitrogens with zero attached hydrogens (tertiary/aromatic N) is 1. The molecular weight excluding hydrogens is 336 g/mol. The summed E-state index contributed by atoms with van der Waals surface area (Å²) in [6, 6.07) is 3.90. The van der Waals surface area contributed by atoms with E-state index in [1.165, 1.54) is 19.9 Å². The van der Waals surface area contributed by atoms with E-state index in [1.54, 1.807) is 13.8 Å². The average molecular weight is 367 g/mol. The molecule has 25 heavy (non-hydrogen) atoms. The van der Waals surface area contributed by atoms with Crippen LogP contribution in [0.1, 0.15) is 55.2 Å². The van der Waals surface area contributed by atoms with Gasteiger partial charge in [0.1, 0.15) is 0 Å². The van der Waals surface area contributed by atoms with Gasteiger partial charge in [0.15, 0.2) is 0 Å². The van der Waals surface area contributed by atoms with Crippen LogP contribution in [0.3, 0.4) is 0 Å². The molecule has 2 rings (SSSR count). The lowest BCUT2D eigenvalue weighted by Crippen LogP contribution is -2.42. The van der Waals surface area contributed by atoms with Crippen molar-refractivity contribution in [3.05, 3.63) is 28.8 Å². The summed E-state index contributed by atoms with van der Waals surface area (Å²) in [7, 11) is -2.21. The van der Waals surface area contributed by atoms with Crippen molar-refractivity contribution in [2.24, 2.45) is 0 Å². The lowest BCUT2D eigenvalue weighted by atomic mass is 10.1. The molecule has 0 unspecified atom stereocenters. The van der Waals surface area contributed by atoms with Gasteiger partial charge >= 0.3 is 0 Å². The third kappa shape index (κ3) is 5.05. The first-order chi connectivity index (χ1) is 11.7. The number of carbonyl (C=O) groups is 1. The number of hydrogen-bond acceptors (Lipinski definition) is 3. The van der Waals surface area contributed by atoms with Crippen LogP contribution in [0.2, 0.25) is 0 Å². The predicted molar refractivity (Wildman–Crippen MR) is 100 cm³/mol. The molecule has 0 atom stereocenters. The smallest absolute Gasteiger partial charge is 0.243 e. The lowest BCUT2D eigenvalue weighted by Gasteiger charge is -2.22. The van der Waals surface area contributed by atoms with E-state index in [1.807, 2.05) is 19.1 Å². The number of rotatable bonds is 5. The van der Waals surface area contributed by atoms with Gasteiger partial charge in [-0.1, -0.05) is 43.4 Å². The van der Waals surface area contributed by atoms with Crippen molar-refractivity contribution in [1.82, 2.24) is 9.62 Å². The number of likely N-dealkylation sites (N-methyl/N-ethyl adjacent to an activating group) is 1. The van der Waals surface area contributed by atoms with Crippen LogP contribution in [0.25, 0.3) is 0 Å². The molecule has 1 fully saturated rings. The van der Waals surface area contributed by atoms with Crippen molar-refractivity contribution >= 4 is 15.9 Å². The van der Waals surface area contributed by atoms with Crippen LogP contribution >= 0.6 is 0 Å². The third-order valence-electron chi connectivity index (χ3n) is 4.86. The summed E-state index contributed by atoms with van der Waals surface area (Å²) in [5.74, 6) is -0.222. The normalized spacial score (nSPS) is 16.7. The van der Waals surface area contributed by atoms with Crippen LogP contribution in [0, 0.1) is 20.8 Å². The molecule has 1 amide bonds. The molecule has 1 aromatic rings. The molecule has 0 aromatic heterocycles. The number of aryl methyl sites for hydroxylation is 3. The van der Waals surface area contributed by atoms with Crippen molar-refractivity contribution in [3.63, 3.8) is 0 Å². The predicted octanol–water partition coefficient (Wildman–Crippen LogP) is 3.07. The highest BCUT2D eigenvalue weighted by Crippen LogP contribution is 2.24. The van der Waals surface area contributed by atoms with Gasteiger partial charge in [0.2, 0.25) is 15.9 Å². The Kier molecular flexibility index (Phi) is 6.63. The second-order valence-corrected chi connectivity index (χ2v) is 9.23. The Morgan fingerprint density at radius 3 is 2.12 bits per heavy atom. The van der Waals surface area contributed by atoms with Crippen molar-refractivity contribution in [2.45, 2.75) is 70.2 Å². The Balaban J connectivity index is 2.08. The van der Waals surface area contributed by atoms with Gasteiger partial charge in [-0.05, 0) is 44.7 Å². The number of benzene rings is 1. The zero-order valence-electron chi connectivity index (χ0n) is 15.8. The quantitative estimate of drug-likeness (QED) is 0.815. The van der Waals surface area contributed by atoms with Crippen LogP contribution in [-0.2, 0) is 14.8 Å². The van der Waals surface area contributed by atoms with E-state index in [0.29, 0.717) is 16.0 Å². The van der Waals surface area contributed by atoms with E-state index in [0.717, 1.165) is 35.6 Å². The molecule has 0 bridgehead atoms. The number of amides is 1. The van der Waals surface area contributed by atoms with Gasteiger partial charge in [0, 0.05) is 13.1 Å². The van der Waals surface area contributed by atoms with Gasteiger partial charge in [-0.3, -0.25) is 4.79 Å². The Hall–Kier alpha value is -1.40. The highest BCUT2D eigenvalue weighted by atomic mass is 32.2. The van der Waals surface area contributed by atoms with Crippen molar-refractivity contribution in [2.75, 3.05) is 13.6 Å². The van der Waals surface area contributed by atoms with Crippen molar-refractivity contribution in [1.29, 1.82) is 0 Å². The number of nitrogens with one attached hydrogen (secondary N) is 1. The van der Waals surface area contributed by atoms with Gasteiger partial charge < -0.3 is 5.32 Å². The second-order valence-electron chi connectivity index (χ2n) is 7.24. The van der Waals surface area contributed by atoms with E-state index >= 15 is 0 Å². The molecule has 1 N–H and O–H groups in total. The maximum absolute atomic E-state index is 12.9. The minimum absolute atomic E-state index is 0.147. The van der Waals surface area contributed by atoms with Crippen LogP contribution < -0.4 is 5.32 Å². The van der Waals surface area contributed by atoms with Crippen LogP contribution in [0.4, 0.5) is 0 Å². The van der Waals surface area contributed by atoms with Gasteiger partial charge in [0.05, 0.1) is 11.4 Å². The first-order valence-electron chi connectivity index (χ1n) is 9.05. The standard InChI is InChI=1S/C19H30N2O3S/c1-14-11-15(2)19(16(3)12-14)25(23,24)21(4)13-18(22)20-17-9-7-5-6-8-10-17/h11-12,17H,5-10,13H2,1-4H3,(H,20,22). The fourth-order valence-corrected chi connectivity index (χ4v) is 5.24. The zero-order chi connectivity index (χ0) is 18.6. The van der Waals surface area contributed by atoms with Crippen molar-refractivity contribution in [3.8, 4) is 0 Å². The van der Waals surface area contributed by atoms with Crippen LogP contribution in [0.15, 0.2) is 17.0 Å². The second kappa shape index (κ2) is 8.32. The third-order valence-corrected chi connectivity index (χ3v) is 6.97. The Labute approximate surface area is 151 Å². The van der Waals surface area contributed by atoms with Crippen molar-refractivity contribution < 1.29 is 13.2 Å². The van der Waals surface area contributed by atoms with Crippen LogP contribution in [-0.4, -0.2) is 38.3 Å². The molecule has 0 spiro atoms. The molecule has 0 saturated heterocycles. The SMILES string of the molecule is Cc1cc(C)c(S(=O)(=O)N(C)CC(=O)NC2CCCCCC2)c(C)c1. The highest BCUT2D eigenvalue weighted by Gasteiger charge is 2.27. The molecular formula is C19H30N2O3S. The van der Waals surface area contributed by atoms with Gasteiger partial charge in [-0.2, -0.15) is 4.31 Å². The van der Waals surface area contributed by atoms with E-state index < -0.39 is 10.0 Å².